The highest BCUT2D eigenvalue weighted by molar-refractivity contribution is 6.09. The van der Waals surface area contributed by atoms with Gasteiger partial charge in [0.2, 0.25) is 5.91 Å². The first-order chi connectivity index (χ1) is 11.8. The van der Waals surface area contributed by atoms with Gasteiger partial charge in [-0.25, -0.2) is 4.79 Å². The summed E-state index contributed by atoms with van der Waals surface area (Å²) >= 11 is 0. The van der Waals surface area contributed by atoms with Gasteiger partial charge in [0.15, 0.2) is 0 Å². The van der Waals surface area contributed by atoms with E-state index in [1.807, 2.05) is 0 Å². The van der Waals surface area contributed by atoms with E-state index in [2.05, 4.69) is 10.6 Å². The quantitative estimate of drug-likeness (QED) is 0.311. The number of nitrogens with one attached hydrogen (secondary N) is 2. The van der Waals surface area contributed by atoms with Gasteiger partial charge in [-0.15, -0.1) is 0 Å². The highest BCUT2D eigenvalue weighted by Crippen LogP contribution is 2.29. The van der Waals surface area contributed by atoms with Crippen molar-refractivity contribution >= 4 is 23.5 Å². The zero-order valence-electron chi connectivity index (χ0n) is 13.8. The Balaban J connectivity index is 2.13. The van der Waals surface area contributed by atoms with Crippen molar-refractivity contribution in [3.8, 4) is 0 Å². The molecule has 0 aromatic heterocycles. The van der Waals surface area contributed by atoms with Crippen LogP contribution in [0.25, 0.3) is 0 Å². The van der Waals surface area contributed by atoms with Crippen molar-refractivity contribution < 1.29 is 24.0 Å². The molecule has 1 aromatic carbocycles. The van der Waals surface area contributed by atoms with E-state index < -0.39 is 34.9 Å². The Morgan fingerprint density at radius 2 is 2.00 bits per heavy atom. The van der Waals surface area contributed by atoms with Crippen molar-refractivity contribution in [1.29, 1.82) is 0 Å². The van der Waals surface area contributed by atoms with Gasteiger partial charge in [0.1, 0.15) is 12.1 Å². The molecule has 25 heavy (non-hydrogen) atoms. The monoisotopic (exact) mass is 350 g/mol. The lowest BCUT2D eigenvalue weighted by Crippen LogP contribution is -2.43. The van der Waals surface area contributed by atoms with Crippen LogP contribution in [0.1, 0.15) is 12.5 Å². The fourth-order valence-corrected chi connectivity index (χ4v) is 2.44. The molecule has 0 radical (unpaired) electrons. The van der Waals surface area contributed by atoms with Gasteiger partial charge in [-0.1, -0.05) is 0 Å². The minimum atomic E-state index is -1.39. The van der Waals surface area contributed by atoms with Crippen molar-refractivity contribution in [2.45, 2.75) is 12.5 Å². The minimum absolute atomic E-state index is 0.126. The summed E-state index contributed by atoms with van der Waals surface area (Å²) in [6, 6.07) is 4.60. The summed E-state index contributed by atoms with van der Waals surface area (Å²) in [4.78, 5) is 47.5. The molecule has 1 fully saturated rings. The standard InChI is InChI=1S/C15H18N4O6/c1-15(10-3-5-11(6-4-10)19(23)24)13(21)18(14(22)17-15)9-12(20)16-7-8-25-2/h3-6H,7-9H2,1-2H3,(H,16,20)(H,17,22)/t15-/m0/s1. The third-order valence-electron chi connectivity index (χ3n) is 3.86. The maximum atomic E-state index is 12.6. The summed E-state index contributed by atoms with van der Waals surface area (Å²) < 4.78 is 4.80. The van der Waals surface area contributed by atoms with Crippen molar-refractivity contribution in [2.75, 3.05) is 26.8 Å². The lowest BCUT2D eigenvalue weighted by Gasteiger charge is -2.22. The molecule has 10 nitrogen and oxygen atoms in total. The topological polar surface area (TPSA) is 131 Å². The van der Waals surface area contributed by atoms with Gasteiger partial charge < -0.3 is 15.4 Å². The number of imide groups is 1. The zero-order chi connectivity index (χ0) is 18.6. The Hall–Kier alpha value is -3.01. The maximum Gasteiger partial charge on any atom is 0.325 e. The number of hydrogen-bond donors (Lipinski definition) is 2. The van der Waals surface area contributed by atoms with E-state index in [9.17, 15) is 24.5 Å². The summed E-state index contributed by atoms with van der Waals surface area (Å²) in [7, 11) is 1.49. The molecule has 0 aliphatic carbocycles. The van der Waals surface area contributed by atoms with Gasteiger partial charge in [-0.2, -0.15) is 0 Å². The number of ether oxygens (including phenoxy) is 1. The highest BCUT2D eigenvalue weighted by atomic mass is 16.6. The number of nitro benzene ring substituents is 1. The molecule has 1 heterocycles. The van der Waals surface area contributed by atoms with Crippen molar-refractivity contribution in [2.24, 2.45) is 0 Å². The fraction of sp³-hybridized carbons (Fsp3) is 0.400. The number of nitro groups is 1. The van der Waals surface area contributed by atoms with Crippen LogP contribution in [0.3, 0.4) is 0 Å². The predicted octanol–water partition coefficient (Wildman–Crippen LogP) is 0.124. The summed E-state index contributed by atoms with van der Waals surface area (Å²) in [6.45, 7) is 1.64. The number of amides is 4. The molecule has 1 atom stereocenters. The average molecular weight is 350 g/mol. The van der Waals surface area contributed by atoms with E-state index >= 15 is 0 Å². The first-order valence-corrected chi connectivity index (χ1v) is 7.44. The number of methoxy groups -OCH3 is 1. The SMILES string of the molecule is COCCNC(=O)CN1C(=O)N[C@@](C)(c2ccc([N+](=O)[O-])cc2)C1=O. The summed E-state index contributed by atoms with van der Waals surface area (Å²) in [6.07, 6.45) is 0. The molecule has 2 rings (SSSR count). The van der Waals surface area contributed by atoms with Crippen molar-refractivity contribution in [3.63, 3.8) is 0 Å². The zero-order valence-corrected chi connectivity index (χ0v) is 13.8. The van der Waals surface area contributed by atoms with Crippen LogP contribution in [0.15, 0.2) is 24.3 Å². The minimum Gasteiger partial charge on any atom is -0.383 e. The molecular weight excluding hydrogens is 332 g/mol. The van der Waals surface area contributed by atoms with E-state index in [0.29, 0.717) is 12.2 Å². The van der Waals surface area contributed by atoms with Crippen LogP contribution in [0.4, 0.5) is 10.5 Å². The number of rotatable bonds is 7. The second-order valence-corrected chi connectivity index (χ2v) is 5.59. The van der Waals surface area contributed by atoms with Crippen LogP contribution in [-0.2, 0) is 19.9 Å². The summed E-state index contributed by atoms with van der Waals surface area (Å²) in [5, 5.41) is 15.8. The van der Waals surface area contributed by atoms with Gasteiger partial charge in [0, 0.05) is 25.8 Å². The number of carbonyl (C=O) groups is 3. The first-order valence-electron chi connectivity index (χ1n) is 7.44. The maximum absolute atomic E-state index is 12.6. The van der Waals surface area contributed by atoms with Crippen LogP contribution >= 0.6 is 0 Å². The molecule has 2 N–H and O–H groups in total. The predicted molar refractivity (Wildman–Crippen MR) is 85.6 cm³/mol. The number of hydrogen-bond acceptors (Lipinski definition) is 6. The van der Waals surface area contributed by atoms with E-state index in [0.717, 1.165) is 4.90 Å². The Morgan fingerprint density at radius 1 is 1.36 bits per heavy atom. The van der Waals surface area contributed by atoms with Crippen LogP contribution in [0.5, 0.6) is 0 Å². The van der Waals surface area contributed by atoms with Gasteiger partial charge in [0.25, 0.3) is 11.6 Å². The van der Waals surface area contributed by atoms with Crippen LogP contribution < -0.4 is 10.6 Å². The highest BCUT2D eigenvalue weighted by Gasteiger charge is 2.49. The lowest BCUT2D eigenvalue weighted by atomic mass is 9.92. The molecule has 1 aliphatic rings. The molecule has 1 aliphatic heterocycles. The smallest absolute Gasteiger partial charge is 0.325 e. The molecule has 0 bridgehead atoms. The third-order valence-corrected chi connectivity index (χ3v) is 3.86. The second kappa shape index (κ2) is 7.26. The van der Waals surface area contributed by atoms with E-state index in [4.69, 9.17) is 4.74 Å². The van der Waals surface area contributed by atoms with E-state index in [1.165, 1.54) is 38.3 Å². The molecule has 1 saturated heterocycles. The molecule has 10 heteroatoms. The van der Waals surface area contributed by atoms with E-state index in [-0.39, 0.29) is 12.2 Å². The number of carbonyl (C=O) groups excluding carboxylic acids is 3. The Labute approximate surface area is 143 Å². The normalized spacial score (nSPS) is 19.7. The van der Waals surface area contributed by atoms with Gasteiger partial charge in [-0.3, -0.25) is 24.6 Å². The van der Waals surface area contributed by atoms with Gasteiger partial charge >= 0.3 is 6.03 Å². The molecule has 134 valence electrons. The molecule has 4 amide bonds. The lowest BCUT2D eigenvalue weighted by molar-refractivity contribution is -0.384. The molecule has 0 spiro atoms. The molecule has 0 unspecified atom stereocenters. The third kappa shape index (κ3) is 3.74. The number of benzene rings is 1. The Morgan fingerprint density at radius 3 is 2.56 bits per heavy atom. The number of urea groups is 1. The summed E-state index contributed by atoms with van der Waals surface area (Å²) in [5.74, 6) is -1.10. The van der Waals surface area contributed by atoms with Gasteiger partial charge in [-0.05, 0) is 24.6 Å². The molecule has 1 aromatic rings. The Bertz CT molecular complexity index is 704. The molecule has 0 saturated carbocycles. The second-order valence-electron chi connectivity index (χ2n) is 5.59. The number of non-ortho nitro benzene ring substituents is 1. The van der Waals surface area contributed by atoms with Crippen LogP contribution in [-0.4, -0.2) is 54.5 Å². The largest absolute Gasteiger partial charge is 0.383 e. The van der Waals surface area contributed by atoms with Crippen LogP contribution in [0.2, 0.25) is 0 Å². The van der Waals surface area contributed by atoms with Crippen molar-refractivity contribution in [3.05, 3.63) is 39.9 Å². The molecular formula is C15H18N4O6. The number of nitrogens with zero attached hydrogens (tertiary/aromatic N) is 2. The fourth-order valence-electron chi connectivity index (χ4n) is 2.44. The van der Waals surface area contributed by atoms with Crippen LogP contribution in [0, 0.1) is 10.1 Å². The average Bonchev–Trinajstić information content (AvgIpc) is 2.79. The van der Waals surface area contributed by atoms with E-state index in [1.54, 1.807) is 0 Å². The summed E-state index contributed by atoms with van der Waals surface area (Å²) in [5.41, 5.74) is -1.13. The van der Waals surface area contributed by atoms with Gasteiger partial charge in [0.05, 0.1) is 11.5 Å². The van der Waals surface area contributed by atoms with Crippen molar-refractivity contribution in [1.82, 2.24) is 15.5 Å². The Kier molecular flexibility index (Phi) is 5.32. The first kappa shape index (κ1) is 18.3.